The lowest BCUT2D eigenvalue weighted by molar-refractivity contribution is -0.140. The number of hydrogen-bond donors (Lipinski definition) is 1. The normalized spacial score (nSPS) is 16.4. The van der Waals surface area contributed by atoms with Crippen LogP contribution >= 0.6 is 0 Å². The molecule has 2 aromatic carbocycles. The Kier molecular flexibility index (Phi) is 9.11. The van der Waals surface area contributed by atoms with E-state index in [1.165, 1.54) is 0 Å². The van der Waals surface area contributed by atoms with Crippen molar-refractivity contribution in [3.8, 4) is 11.5 Å². The van der Waals surface area contributed by atoms with Gasteiger partial charge in [0.2, 0.25) is 0 Å². The summed E-state index contributed by atoms with van der Waals surface area (Å²) in [5.74, 6) is -0.617. The van der Waals surface area contributed by atoms with Crippen molar-refractivity contribution in [3.63, 3.8) is 0 Å². The number of ketones is 1. The second kappa shape index (κ2) is 13.1. The minimum absolute atomic E-state index is 0.0293. The van der Waals surface area contributed by atoms with Gasteiger partial charge < -0.3 is 24.4 Å². The van der Waals surface area contributed by atoms with Gasteiger partial charge in [-0.15, -0.1) is 0 Å². The van der Waals surface area contributed by atoms with Crippen molar-refractivity contribution in [2.75, 3.05) is 33.3 Å². The summed E-state index contributed by atoms with van der Waals surface area (Å²) in [6.45, 7) is 9.26. The summed E-state index contributed by atoms with van der Waals surface area (Å²) < 4.78 is 13.5. The molecule has 0 radical (unpaired) electrons. The first kappa shape index (κ1) is 29.8. The van der Waals surface area contributed by atoms with E-state index in [1.54, 1.807) is 41.7 Å². The molecule has 1 unspecified atom stereocenters. The van der Waals surface area contributed by atoms with E-state index in [0.717, 1.165) is 25.2 Å². The largest absolute Gasteiger partial charge is 0.505 e. The number of benzene rings is 2. The standard InChI is InChI=1S/C34H38N4O5/c1-5-36(6-2)18-12-20-38-31(25-16-17-26(27(21-25)42-4)43-22-24-13-8-7-9-14-24)29(33(40)34(38)41)32(39)30-23(3)35-28-15-10-11-19-37(28)30/h7-11,13-17,19,21,31,39H,5-6,12,18,20,22H2,1-4H3/b32-29+. The monoisotopic (exact) mass is 582 g/mol. The zero-order valence-electron chi connectivity index (χ0n) is 25.1. The highest BCUT2D eigenvalue weighted by molar-refractivity contribution is 6.46. The highest BCUT2D eigenvalue weighted by Gasteiger charge is 2.46. The molecular formula is C34H38N4O5. The summed E-state index contributed by atoms with van der Waals surface area (Å²) >= 11 is 0. The van der Waals surface area contributed by atoms with Crippen LogP contribution in [0.5, 0.6) is 11.5 Å². The first-order valence-corrected chi connectivity index (χ1v) is 14.7. The minimum Gasteiger partial charge on any atom is -0.505 e. The number of rotatable bonds is 12. The van der Waals surface area contributed by atoms with Gasteiger partial charge in [-0.2, -0.15) is 0 Å². The van der Waals surface area contributed by atoms with Gasteiger partial charge in [-0.05, 0) is 68.4 Å². The Balaban J connectivity index is 1.57. The van der Waals surface area contributed by atoms with Gasteiger partial charge in [0.15, 0.2) is 17.3 Å². The maximum Gasteiger partial charge on any atom is 0.295 e. The molecule has 3 heterocycles. The molecule has 224 valence electrons. The van der Waals surface area contributed by atoms with Crippen LogP contribution in [-0.2, 0) is 16.2 Å². The average molecular weight is 583 g/mol. The highest BCUT2D eigenvalue weighted by Crippen LogP contribution is 2.42. The molecular weight excluding hydrogens is 544 g/mol. The molecule has 1 atom stereocenters. The number of hydrogen-bond acceptors (Lipinski definition) is 7. The number of ether oxygens (including phenoxy) is 2. The Morgan fingerprint density at radius 1 is 1.00 bits per heavy atom. The molecule has 0 spiro atoms. The van der Waals surface area contributed by atoms with Crippen LogP contribution in [-0.4, -0.2) is 69.3 Å². The number of aliphatic hydroxyl groups excluding tert-OH is 1. The van der Waals surface area contributed by atoms with Gasteiger partial charge in [-0.3, -0.25) is 14.0 Å². The fourth-order valence-corrected chi connectivity index (χ4v) is 5.70. The lowest BCUT2D eigenvalue weighted by Gasteiger charge is -2.27. The summed E-state index contributed by atoms with van der Waals surface area (Å²) in [6.07, 6.45) is 2.46. The molecule has 5 rings (SSSR count). The third-order valence-corrected chi connectivity index (χ3v) is 7.98. The smallest absolute Gasteiger partial charge is 0.295 e. The van der Waals surface area contributed by atoms with Crippen LogP contribution in [0.25, 0.3) is 11.4 Å². The fourth-order valence-electron chi connectivity index (χ4n) is 5.70. The molecule has 9 heteroatoms. The zero-order valence-corrected chi connectivity index (χ0v) is 25.1. The number of nitrogens with zero attached hydrogens (tertiary/aromatic N) is 4. The van der Waals surface area contributed by atoms with Crippen molar-refractivity contribution in [1.82, 2.24) is 19.2 Å². The van der Waals surface area contributed by atoms with Crippen LogP contribution in [0.15, 0.2) is 78.5 Å². The number of aromatic nitrogens is 2. The molecule has 0 bridgehead atoms. The number of aliphatic hydroxyl groups is 1. The van der Waals surface area contributed by atoms with Crippen molar-refractivity contribution in [1.29, 1.82) is 0 Å². The fraction of sp³-hybridized carbons (Fsp3) is 0.324. The molecule has 9 nitrogen and oxygen atoms in total. The average Bonchev–Trinajstić information content (AvgIpc) is 3.50. The van der Waals surface area contributed by atoms with E-state index >= 15 is 0 Å². The van der Waals surface area contributed by atoms with E-state index in [2.05, 4.69) is 23.7 Å². The van der Waals surface area contributed by atoms with Gasteiger partial charge >= 0.3 is 0 Å². The second-order valence-corrected chi connectivity index (χ2v) is 10.5. The summed E-state index contributed by atoms with van der Waals surface area (Å²) in [5, 5.41) is 11.8. The van der Waals surface area contributed by atoms with Crippen molar-refractivity contribution in [3.05, 3.63) is 101 Å². The molecule has 4 aromatic rings. The lowest BCUT2D eigenvalue weighted by atomic mass is 9.95. The number of pyridine rings is 1. The van der Waals surface area contributed by atoms with Crippen LogP contribution < -0.4 is 9.47 Å². The number of amides is 1. The van der Waals surface area contributed by atoms with Gasteiger partial charge in [0.1, 0.15) is 17.9 Å². The summed E-state index contributed by atoms with van der Waals surface area (Å²) in [4.78, 5) is 35.6. The summed E-state index contributed by atoms with van der Waals surface area (Å²) in [5.41, 5.74) is 3.25. The molecule has 0 saturated carbocycles. The number of carbonyl (C=O) groups is 2. The Morgan fingerprint density at radius 2 is 1.74 bits per heavy atom. The third-order valence-electron chi connectivity index (χ3n) is 7.98. The second-order valence-electron chi connectivity index (χ2n) is 10.5. The molecule has 2 aromatic heterocycles. The van der Waals surface area contributed by atoms with Crippen molar-refractivity contribution >= 4 is 23.1 Å². The number of fused-ring (bicyclic) bond motifs is 1. The molecule has 1 saturated heterocycles. The number of likely N-dealkylation sites (tertiary alicyclic amines) is 1. The Bertz CT molecular complexity index is 1640. The zero-order chi connectivity index (χ0) is 30.5. The number of Topliss-reactive ketones (excluding diaryl/α,β-unsaturated/α-hetero) is 1. The van der Waals surface area contributed by atoms with Gasteiger partial charge in [-0.25, -0.2) is 4.98 Å². The van der Waals surface area contributed by atoms with E-state index in [0.29, 0.717) is 53.7 Å². The molecule has 1 fully saturated rings. The quantitative estimate of drug-likeness (QED) is 0.136. The van der Waals surface area contributed by atoms with E-state index in [-0.39, 0.29) is 11.3 Å². The minimum atomic E-state index is -0.817. The van der Waals surface area contributed by atoms with Gasteiger partial charge in [0, 0.05) is 12.7 Å². The molecule has 1 N–H and O–H groups in total. The molecule has 1 aliphatic heterocycles. The molecule has 1 aliphatic rings. The summed E-state index contributed by atoms with van der Waals surface area (Å²) in [7, 11) is 1.55. The first-order chi connectivity index (χ1) is 20.9. The Morgan fingerprint density at radius 3 is 2.47 bits per heavy atom. The van der Waals surface area contributed by atoms with Crippen LogP contribution in [0.3, 0.4) is 0 Å². The maximum atomic E-state index is 13.7. The Labute approximate surface area is 252 Å². The molecule has 43 heavy (non-hydrogen) atoms. The predicted octanol–water partition coefficient (Wildman–Crippen LogP) is 5.38. The van der Waals surface area contributed by atoms with Crippen LogP contribution in [0.4, 0.5) is 0 Å². The topological polar surface area (TPSA) is 96.6 Å². The maximum absolute atomic E-state index is 13.7. The number of aryl methyl sites for hydroxylation is 1. The van der Waals surface area contributed by atoms with Crippen molar-refractivity contribution < 1.29 is 24.2 Å². The Hall–Kier alpha value is -4.63. The van der Waals surface area contributed by atoms with E-state index in [4.69, 9.17) is 9.47 Å². The van der Waals surface area contributed by atoms with E-state index in [1.807, 2.05) is 54.6 Å². The van der Waals surface area contributed by atoms with Gasteiger partial charge in [-0.1, -0.05) is 56.3 Å². The van der Waals surface area contributed by atoms with E-state index < -0.39 is 17.7 Å². The van der Waals surface area contributed by atoms with Crippen molar-refractivity contribution in [2.45, 2.75) is 39.8 Å². The van der Waals surface area contributed by atoms with Crippen molar-refractivity contribution in [2.24, 2.45) is 0 Å². The third kappa shape index (κ3) is 5.99. The molecule has 1 amide bonds. The van der Waals surface area contributed by atoms with Crippen LogP contribution in [0, 0.1) is 6.92 Å². The van der Waals surface area contributed by atoms with Gasteiger partial charge in [0.05, 0.1) is 24.4 Å². The predicted molar refractivity (Wildman–Crippen MR) is 165 cm³/mol. The molecule has 0 aliphatic carbocycles. The lowest BCUT2D eigenvalue weighted by Crippen LogP contribution is -2.33. The first-order valence-electron chi connectivity index (χ1n) is 14.7. The number of methoxy groups -OCH3 is 1. The number of carbonyl (C=O) groups excluding carboxylic acids is 2. The number of imidazole rings is 1. The van der Waals surface area contributed by atoms with Gasteiger partial charge in [0.25, 0.3) is 11.7 Å². The summed E-state index contributed by atoms with van der Waals surface area (Å²) in [6, 6.07) is 19.9. The van der Waals surface area contributed by atoms with Crippen LogP contribution in [0.2, 0.25) is 0 Å². The van der Waals surface area contributed by atoms with Crippen LogP contribution in [0.1, 0.15) is 48.8 Å². The SMILES string of the molecule is CCN(CC)CCCN1C(=O)C(=O)/C(=C(/O)c2c(C)nc3ccccn23)C1c1ccc(OCc2ccccc2)c(OC)c1. The highest BCUT2D eigenvalue weighted by atomic mass is 16.5. The van der Waals surface area contributed by atoms with E-state index in [9.17, 15) is 14.7 Å².